The predicted molar refractivity (Wildman–Crippen MR) is 88.7 cm³/mol. The summed E-state index contributed by atoms with van der Waals surface area (Å²) in [4.78, 5) is 0. The third-order valence-corrected chi connectivity index (χ3v) is 4.14. The molecule has 0 spiro atoms. The molecule has 0 aromatic heterocycles. The minimum Gasteiger partial charge on any atom is -0.493 e. The van der Waals surface area contributed by atoms with Crippen LogP contribution in [0, 0.1) is 0 Å². The molecule has 1 saturated carbocycles. The van der Waals surface area contributed by atoms with Crippen LogP contribution in [0.5, 0.6) is 11.5 Å². The number of ether oxygens (including phenoxy) is 3. The van der Waals surface area contributed by atoms with Gasteiger partial charge in [-0.15, -0.1) is 0 Å². The van der Waals surface area contributed by atoms with Gasteiger partial charge in [0, 0.05) is 24.8 Å². The second-order valence-electron chi connectivity index (χ2n) is 5.71. The van der Waals surface area contributed by atoms with Crippen LogP contribution in [0.15, 0.2) is 18.2 Å². The van der Waals surface area contributed by atoms with Crippen LogP contribution in [-0.2, 0) is 11.3 Å². The minimum absolute atomic E-state index is 0.546. The molecule has 1 aliphatic rings. The van der Waals surface area contributed by atoms with E-state index in [9.17, 15) is 0 Å². The van der Waals surface area contributed by atoms with Crippen LogP contribution in [0.4, 0.5) is 0 Å². The largest absolute Gasteiger partial charge is 0.493 e. The zero-order valence-corrected chi connectivity index (χ0v) is 13.9. The maximum atomic E-state index is 5.91. The molecule has 4 heteroatoms. The summed E-state index contributed by atoms with van der Waals surface area (Å²) >= 11 is 0. The van der Waals surface area contributed by atoms with E-state index in [-0.39, 0.29) is 0 Å². The Balaban J connectivity index is 1.95. The van der Waals surface area contributed by atoms with Crippen molar-refractivity contribution in [2.45, 2.75) is 51.6 Å². The van der Waals surface area contributed by atoms with Crippen LogP contribution in [0.1, 0.15) is 44.6 Å². The van der Waals surface area contributed by atoms with Crippen molar-refractivity contribution in [1.29, 1.82) is 0 Å². The smallest absolute Gasteiger partial charge is 0.165 e. The minimum atomic E-state index is 0.546. The van der Waals surface area contributed by atoms with Gasteiger partial charge in [-0.25, -0.2) is 0 Å². The Hall–Kier alpha value is -1.26. The van der Waals surface area contributed by atoms with Gasteiger partial charge in [0.05, 0.1) is 13.7 Å². The van der Waals surface area contributed by atoms with Crippen molar-refractivity contribution in [2.24, 2.45) is 0 Å². The molecule has 1 aliphatic carbocycles. The summed E-state index contributed by atoms with van der Waals surface area (Å²) in [5, 5.41) is 3.66. The zero-order chi connectivity index (χ0) is 15.6. The molecule has 124 valence electrons. The summed E-state index contributed by atoms with van der Waals surface area (Å²) < 4.78 is 16.7. The SMILES string of the molecule is CCOCCOc1c(CNC2CCCCC2)cccc1OC. The zero-order valence-electron chi connectivity index (χ0n) is 13.9. The van der Waals surface area contributed by atoms with Gasteiger partial charge in [-0.2, -0.15) is 0 Å². The fourth-order valence-electron chi connectivity index (χ4n) is 2.93. The second kappa shape index (κ2) is 9.70. The molecule has 0 saturated heterocycles. The van der Waals surface area contributed by atoms with E-state index in [0.717, 1.165) is 23.6 Å². The molecule has 1 N–H and O–H groups in total. The summed E-state index contributed by atoms with van der Waals surface area (Å²) in [6.45, 7) is 4.68. The molecule has 0 aliphatic heterocycles. The van der Waals surface area contributed by atoms with Crippen molar-refractivity contribution >= 4 is 0 Å². The number of rotatable bonds is 9. The number of hydrogen-bond donors (Lipinski definition) is 1. The van der Waals surface area contributed by atoms with Gasteiger partial charge < -0.3 is 19.5 Å². The van der Waals surface area contributed by atoms with Gasteiger partial charge in [0.15, 0.2) is 11.5 Å². The quantitative estimate of drug-likeness (QED) is 0.708. The lowest BCUT2D eigenvalue weighted by Crippen LogP contribution is -2.30. The monoisotopic (exact) mass is 307 g/mol. The molecule has 2 rings (SSSR count). The molecule has 0 bridgehead atoms. The third-order valence-electron chi connectivity index (χ3n) is 4.14. The van der Waals surface area contributed by atoms with E-state index in [1.165, 1.54) is 32.1 Å². The lowest BCUT2D eigenvalue weighted by atomic mass is 9.95. The van der Waals surface area contributed by atoms with Crippen LogP contribution in [0.3, 0.4) is 0 Å². The number of methoxy groups -OCH3 is 1. The first-order chi connectivity index (χ1) is 10.8. The fourth-order valence-corrected chi connectivity index (χ4v) is 2.93. The second-order valence-corrected chi connectivity index (χ2v) is 5.71. The van der Waals surface area contributed by atoms with Gasteiger partial charge in [0.2, 0.25) is 0 Å². The molecular formula is C18H29NO3. The van der Waals surface area contributed by atoms with Gasteiger partial charge in [-0.05, 0) is 25.8 Å². The third kappa shape index (κ3) is 5.18. The Morgan fingerprint density at radius 2 is 1.95 bits per heavy atom. The Kier molecular flexibility index (Phi) is 7.54. The number of hydrogen-bond acceptors (Lipinski definition) is 4. The van der Waals surface area contributed by atoms with Crippen LogP contribution in [0.2, 0.25) is 0 Å². The first-order valence-corrected chi connectivity index (χ1v) is 8.45. The van der Waals surface area contributed by atoms with Crippen molar-refractivity contribution in [3.63, 3.8) is 0 Å². The Morgan fingerprint density at radius 1 is 1.14 bits per heavy atom. The Morgan fingerprint density at radius 3 is 2.68 bits per heavy atom. The molecular weight excluding hydrogens is 278 g/mol. The maximum absolute atomic E-state index is 5.91. The Bertz CT molecular complexity index is 430. The average Bonchev–Trinajstić information content (AvgIpc) is 2.58. The highest BCUT2D eigenvalue weighted by atomic mass is 16.5. The van der Waals surface area contributed by atoms with Crippen molar-refractivity contribution in [2.75, 3.05) is 26.9 Å². The highest BCUT2D eigenvalue weighted by molar-refractivity contribution is 5.46. The summed E-state index contributed by atoms with van der Waals surface area (Å²) in [5.74, 6) is 1.63. The average molecular weight is 307 g/mol. The van der Waals surface area contributed by atoms with Gasteiger partial charge >= 0.3 is 0 Å². The predicted octanol–water partition coefficient (Wildman–Crippen LogP) is 3.53. The topological polar surface area (TPSA) is 39.7 Å². The van der Waals surface area contributed by atoms with E-state index in [2.05, 4.69) is 11.4 Å². The number of para-hydroxylation sites is 1. The van der Waals surface area contributed by atoms with Crippen molar-refractivity contribution < 1.29 is 14.2 Å². The normalized spacial score (nSPS) is 15.7. The molecule has 4 nitrogen and oxygen atoms in total. The van der Waals surface area contributed by atoms with E-state index in [1.807, 2.05) is 19.1 Å². The van der Waals surface area contributed by atoms with E-state index in [1.54, 1.807) is 7.11 Å². The maximum Gasteiger partial charge on any atom is 0.165 e. The van der Waals surface area contributed by atoms with Crippen LogP contribution < -0.4 is 14.8 Å². The van der Waals surface area contributed by atoms with E-state index < -0.39 is 0 Å². The summed E-state index contributed by atoms with van der Waals surface area (Å²) in [6.07, 6.45) is 6.62. The number of benzene rings is 1. The first kappa shape index (κ1) is 17.1. The summed E-state index contributed by atoms with van der Waals surface area (Å²) in [6, 6.07) is 6.71. The molecule has 0 heterocycles. The van der Waals surface area contributed by atoms with Crippen LogP contribution in [-0.4, -0.2) is 33.0 Å². The van der Waals surface area contributed by atoms with Gasteiger partial charge in [0.1, 0.15) is 6.61 Å². The summed E-state index contributed by atoms with van der Waals surface area (Å²) in [5.41, 5.74) is 1.15. The lowest BCUT2D eigenvalue weighted by Gasteiger charge is -2.23. The molecule has 0 unspecified atom stereocenters. The molecule has 0 atom stereocenters. The van der Waals surface area contributed by atoms with E-state index in [0.29, 0.717) is 25.9 Å². The standard InChI is InChI=1S/C18H29NO3/c1-3-21-12-13-22-18-15(8-7-11-17(18)20-2)14-19-16-9-5-4-6-10-16/h7-8,11,16,19H,3-6,9-10,12-14H2,1-2H3. The van der Waals surface area contributed by atoms with Crippen molar-refractivity contribution in [3.8, 4) is 11.5 Å². The lowest BCUT2D eigenvalue weighted by molar-refractivity contribution is 0.108. The molecule has 1 aromatic carbocycles. The van der Waals surface area contributed by atoms with Crippen molar-refractivity contribution in [3.05, 3.63) is 23.8 Å². The van der Waals surface area contributed by atoms with E-state index >= 15 is 0 Å². The Labute approximate surface area is 134 Å². The van der Waals surface area contributed by atoms with Gasteiger partial charge in [0.25, 0.3) is 0 Å². The molecule has 1 fully saturated rings. The number of nitrogens with one attached hydrogen (secondary N) is 1. The van der Waals surface area contributed by atoms with Gasteiger partial charge in [-0.3, -0.25) is 0 Å². The van der Waals surface area contributed by atoms with Gasteiger partial charge in [-0.1, -0.05) is 31.4 Å². The molecule has 22 heavy (non-hydrogen) atoms. The van der Waals surface area contributed by atoms with Crippen LogP contribution in [0.25, 0.3) is 0 Å². The first-order valence-electron chi connectivity index (χ1n) is 8.45. The summed E-state index contributed by atoms with van der Waals surface area (Å²) in [7, 11) is 1.68. The van der Waals surface area contributed by atoms with Crippen LogP contribution >= 0.6 is 0 Å². The van der Waals surface area contributed by atoms with Crippen molar-refractivity contribution in [1.82, 2.24) is 5.32 Å². The highest BCUT2D eigenvalue weighted by Gasteiger charge is 2.15. The highest BCUT2D eigenvalue weighted by Crippen LogP contribution is 2.31. The molecule has 0 amide bonds. The van der Waals surface area contributed by atoms with E-state index in [4.69, 9.17) is 14.2 Å². The molecule has 1 aromatic rings. The molecule has 0 radical (unpaired) electrons. The fraction of sp³-hybridized carbons (Fsp3) is 0.667.